The van der Waals surface area contributed by atoms with E-state index in [0.717, 1.165) is 5.56 Å². The molecule has 1 amide bonds. The van der Waals surface area contributed by atoms with Gasteiger partial charge in [0.25, 0.3) is 5.91 Å². The minimum absolute atomic E-state index is 0.00351. The predicted molar refractivity (Wildman–Crippen MR) is 88.5 cm³/mol. The monoisotopic (exact) mass is 325 g/mol. The SMILES string of the molecule is O=C(c1ccc2c(c1)OCCO2)N1CCOC(c2ccccc2)C1. The van der Waals surface area contributed by atoms with Crippen molar-refractivity contribution in [2.75, 3.05) is 32.9 Å². The number of rotatable bonds is 2. The zero-order valence-electron chi connectivity index (χ0n) is 13.3. The molecule has 4 rings (SSSR count). The lowest BCUT2D eigenvalue weighted by Crippen LogP contribution is -2.42. The fourth-order valence-corrected chi connectivity index (χ4v) is 3.06. The summed E-state index contributed by atoms with van der Waals surface area (Å²) in [6.07, 6.45) is -0.0823. The van der Waals surface area contributed by atoms with Gasteiger partial charge in [-0.2, -0.15) is 0 Å². The molecule has 0 aliphatic carbocycles. The average Bonchev–Trinajstić information content (AvgIpc) is 2.68. The topological polar surface area (TPSA) is 48.0 Å². The Morgan fingerprint density at radius 2 is 1.75 bits per heavy atom. The number of hydrogen-bond donors (Lipinski definition) is 0. The van der Waals surface area contributed by atoms with Crippen LogP contribution < -0.4 is 9.47 Å². The van der Waals surface area contributed by atoms with Gasteiger partial charge in [-0.1, -0.05) is 30.3 Å². The molecule has 1 atom stereocenters. The van der Waals surface area contributed by atoms with Crippen molar-refractivity contribution in [3.63, 3.8) is 0 Å². The summed E-state index contributed by atoms with van der Waals surface area (Å²) in [5.41, 5.74) is 1.71. The lowest BCUT2D eigenvalue weighted by molar-refractivity contribution is -0.0228. The molecule has 1 unspecified atom stereocenters. The first-order chi connectivity index (χ1) is 11.8. The number of benzene rings is 2. The van der Waals surface area contributed by atoms with Gasteiger partial charge in [0.15, 0.2) is 11.5 Å². The molecule has 2 aliphatic rings. The summed E-state index contributed by atoms with van der Waals surface area (Å²) in [5.74, 6) is 1.33. The second kappa shape index (κ2) is 6.53. The Hall–Kier alpha value is -2.53. The third kappa shape index (κ3) is 2.95. The summed E-state index contributed by atoms with van der Waals surface area (Å²) >= 11 is 0. The van der Waals surface area contributed by atoms with Gasteiger partial charge in [0.1, 0.15) is 19.3 Å². The summed E-state index contributed by atoms with van der Waals surface area (Å²) in [6, 6.07) is 15.4. The van der Waals surface area contributed by atoms with Crippen molar-refractivity contribution in [3.8, 4) is 11.5 Å². The first kappa shape index (κ1) is 15.0. The molecule has 1 fully saturated rings. The molecule has 2 heterocycles. The van der Waals surface area contributed by atoms with Crippen LogP contribution in [0.4, 0.5) is 0 Å². The second-order valence-corrected chi connectivity index (χ2v) is 5.88. The van der Waals surface area contributed by atoms with Crippen LogP contribution in [0.1, 0.15) is 22.0 Å². The third-order valence-electron chi connectivity index (χ3n) is 4.31. The van der Waals surface area contributed by atoms with E-state index >= 15 is 0 Å². The standard InChI is InChI=1S/C19H19NO4/c21-19(15-6-7-16-17(12-15)24-11-10-23-16)20-8-9-22-18(13-20)14-4-2-1-3-5-14/h1-7,12,18H,8-11,13H2. The van der Waals surface area contributed by atoms with Gasteiger partial charge in [-0.25, -0.2) is 0 Å². The van der Waals surface area contributed by atoms with E-state index < -0.39 is 0 Å². The van der Waals surface area contributed by atoms with E-state index in [1.54, 1.807) is 18.2 Å². The lowest BCUT2D eigenvalue weighted by Gasteiger charge is -2.33. The molecule has 2 aliphatic heterocycles. The van der Waals surface area contributed by atoms with Crippen molar-refractivity contribution in [1.29, 1.82) is 0 Å². The van der Waals surface area contributed by atoms with Crippen LogP contribution in [-0.2, 0) is 4.74 Å². The molecule has 0 bridgehead atoms. The van der Waals surface area contributed by atoms with Gasteiger partial charge in [-0.3, -0.25) is 4.79 Å². The van der Waals surface area contributed by atoms with Crippen LogP contribution in [0.3, 0.4) is 0 Å². The highest BCUT2D eigenvalue weighted by molar-refractivity contribution is 5.95. The summed E-state index contributed by atoms with van der Waals surface area (Å²) in [5, 5.41) is 0. The molecule has 0 spiro atoms. The number of morpholine rings is 1. The largest absolute Gasteiger partial charge is 0.486 e. The van der Waals surface area contributed by atoms with Gasteiger partial charge in [-0.15, -0.1) is 0 Å². The zero-order chi connectivity index (χ0) is 16.4. The van der Waals surface area contributed by atoms with Crippen LogP contribution in [-0.4, -0.2) is 43.7 Å². The molecule has 0 aromatic heterocycles. The highest BCUT2D eigenvalue weighted by Crippen LogP contribution is 2.31. The van der Waals surface area contributed by atoms with Crippen molar-refractivity contribution in [2.45, 2.75) is 6.10 Å². The quantitative estimate of drug-likeness (QED) is 0.852. The Balaban J connectivity index is 1.51. The van der Waals surface area contributed by atoms with E-state index in [9.17, 15) is 4.79 Å². The zero-order valence-corrected chi connectivity index (χ0v) is 13.3. The Labute approximate surface area is 140 Å². The van der Waals surface area contributed by atoms with Gasteiger partial charge >= 0.3 is 0 Å². The van der Waals surface area contributed by atoms with Crippen LogP contribution in [0.2, 0.25) is 0 Å². The fourth-order valence-electron chi connectivity index (χ4n) is 3.06. The first-order valence-corrected chi connectivity index (χ1v) is 8.17. The Morgan fingerprint density at radius 1 is 0.958 bits per heavy atom. The molecule has 2 aromatic carbocycles. The molecule has 24 heavy (non-hydrogen) atoms. The maximum absolute atomic E-state index is 12.8. The average molecular weight is 325 g/mol. The molecule has 0 N–H and O–H groups in total. The normalized spacial score (nSPS) is 19.8. The van der Waals surface area contributed by atoms with Gasteiger partial charge in [0.2, 0.25) is 0 Å². The van der Waals surface area contributed by atoms with Crippen molar-refractivity contribution in [3.05, 3.63) is 59.7 Å². The van der Waals surface area contributed by atoms with Crippen molar-refractivity contribution < 1.29 is 19.0 Å². The number of ether oxygens (including phenoxy) is 3. The molecular weight excluding hydrogens is 306 g/mol. The second-order valence-electron chi connectivity index (χ2n) is 5.88. The lowest BCUT2D eigenvalue weighted by atomic mass is 10.1. The van der Waals surface area contributed by atoms with E-state index in [1.165, 1.54) is 0 Å². The molecule has 5 nitrogen and oxygen atoms in total. The van der Waals surface area contributed by atoms with Crippen LogP contribution in [0.15, 0.2) is 48.5 Å². The van der Waals surface area contributed by atoms with Gasteiger partial charge in [-0.05, 0) is 23.8 Å². The van der Waals surface area contributed by atoms with Crippen molar-refractivity contribution in [1.82, 2.24) is 4.90 Å². The summed E-state index contributed by atoms with van der Waals surface area (Å²) < 4.78 is 16.9. The van der Waals surface area contributed by atoms with Crippen LogP contribution in [0, 0.1) is 0 Å². The Bertz CT molecular complexity index is 731. The number of carbonyl (C=O) groups is 1. The molecule has 0 saturated carbocycles. The Kier molecular flexibility index (Phi) is 4.09. The number of fused-ring (bicyclic) bond motifs is 1. The van der Waals surface area contributed by atoms with Gasteiger partial charge in [0.05, 0.1) is 13.2 Å². The number of hydrogen-bond acceptors (Lipinski definition) is 4. The smallest absolute Gasteiger partial charge is 0.254 e. The minimum Gasteiger partial charge on any atom is -0.486 e. The maximum Gasteiger partial charge on any atom is 0.254 e. The van der Waals surface area contributed by atoms with Crippen LogP contribution >= 0.6 is 0 Å². The minimum atomic E-state index is -0.0823. The Morgan fingerprint density at radius 3 is 2.58 bits per heavy atom. The molecule has 124 valence electrons. The number of nitrogens with zero attached hydrogens (tertiary/aromatic N) is 1. The number of carbonyl (C=O) groups excluding carboxylic acids is 1. The molecule has 2 aromatic rings. The summed E-state index contributed by atoms with van der Waals surface area (Å²) in [6.45, 7) is 2.74. The van der Waals surface area contributed by atoms with Crippen LogP contribution in [0.5, 0.6) is 11.5 Å². The first-order valence-electron chi connectivity index (χ1n) is 8.17. The highest BCUT2D eigenvalue weighted by Gasteiger charge is 2.27. The maximum atomic E-state index is 12.8. The van der Waals surface area contributed by atoms with Crippen molar-refractivity contribution in [2.24, 2.45) is 0 Å². The molecule has 5 heteroatoms. The van der Waals surface area contributed by atoms with E-state index in [0.29, 0.717) is 50.0 Å². The van der Waals surface area contributed by atoms with E-state index in [-0.39, 0.29) is 12.0 Å². The number of amides is 1. The molecule has 1 saturated heterocycles. The van der Waals surface area contributed by atoms with Crippen LogP contribution in [0.25, 0.3) is 0 Å². The summed E-state index contributed by atoms with van der Waals surface area (Å²) in [7, 11) is 0. The third-order valence-corrected chi connectivity index (χ3v) is 4.31. The van der Waals surface area contributed by atoms with Gasteiger partial charge < -0.3 is 19.1 Å². The van der Waals surface area contributed by atoms with E-state index in [2.05, 4.69) is 0 Å². The van der Waals surface area contributed by atoms with E-state index in [4.69, 9.17) is 14.2 Å². The molecule has 0 radical (unpaired) electrons. The van der Waals surface area contributed by atoms with E-state index in [1.807, 2.05) is 35.2 Å². The predicted octanol–water partition coefficient (Wildman–Crippen LogP) is 2.67. The molecular formula is C19H19NO4. The highest BCUT2D eigenvalue weighted by atomic mass is 16.6. The van der Waals surface area contributed by atoms with Crippen molar-refractivity contribution >= 4 is 5.91 Å². The fraction of sp³-hybridized carbons (Fsp3) is 0.316. The summed E-state index contributed by atoms with van der Waals surface area (Å²) in [4.78, 5) is 14.7. The van der Waals surface area contributed by atoms with Gasteiger partial charge in [0, 0.05) is 12.1 Å².